The van der Waals surface area contributed by atoms with E-state index in [1.807, 2.05) is 44.6 Å². The van der Waals surface area contributed by atoms with Crippen LogP contribution in [0.25, 0.3) is 0 Å². The summed E-state index contributed by atoms with van der Waals surface area (Å²) in [6.07, 6.45) is 1.93. The molecule has 1 unspecified atom stereocenters. The van der Waals surface area contributed by atoms with Gasteiger partial charge >= 0.3 is 0 Å². The van der Waals surface area contributed by atoms with E-state index >= 15 is 0 Å². The summed E-state index contributed by atoms with van der Waals surface area (Å²) in [5.74, 6) is 0. The molecule has 17 heavy (non-hydrogen) atoms. The Kier molecular flexibility index (Phi) is 3.86. The third-order valence-electron chi connectivity index (χ3n) is 2.59. The van der Waals surface area contributed by atoms with E-state index in [1.54, 1.807) is 4.68 Å². The maximum absolute atomic E-state index is 6.04. The fourth-order valence-corrected chi connectivity index (χ4v) is 2.44. The van der Waals surface area contributed by atoms with E-state index in [0.717, 1.165) is 20.8 Å². The Morgan fingerprint density at radius 3 is 2.76 bits per heavy atom. The van der Waals surface area contributed by atoms with Crippen LogP contribution in [0.4, 0.5) is 0 Å². The lowest BCUT2D eigenvalue weighted by Crippen LogP contribution is -2.19. The number of nitrogens with one attached hydrogen (secondary N) is 1. The van der Waals surface area contributed by atoms with Gasteiger partial charge in [-0.2, -0.15) is 5.10 Å². The van der Waals surface area contributed by atoms with Gasteiger partial charge in [-0.15, -0.1) is 0 Å². The number of hydrogen-bond donors (Lipinski definition) is 1. The zero-order chi connectivity index (χ0) is 12.4. The standard InChI is InChI=1S/C12H13BrClN3/c1-15-12(11-5-6-17(2)16-11)9-7-8(14)3-4-10(9)13/h3-7,12,15H,1-2H3. The molecule has 0 saturated heterocycles. The van der Waals surface area contributed by atoms with Gasteiger partial charge < -0.3 is 5.32 Å². The van der Waals surface area contributed by atoms with Crippen LogP contribution in [0.15, 0.2) is 34.9 Å². The monoisotopic (exact) mass is 313 g/mol. The van der Waals surface area contributed by atoms with Crippen LogP contribution in [0.3, 0.4) is 0 Å². The Bertz CT molecular complexity index is 524. The second-order valence-electron chi connectivity index (χ2n) is 3.80. The first-order valence-corrected chi connectivity index (χ1v) is 6.40. The summed E-state index contributed by atoms with van der Waals surface area (Å²) in [7, 11) is 3.82. The predicted octanol–water partition coefficient (Wildman–Crippen LogP) is 3.14. The summed E-state index contributed by atoms with van der Waals surface area (Å²) in [5.41, 5.74) is 2.05. The molecule has 1 heterocycles. The Morgan fingerprint density at radius 2 is 2.18 bits per heavy atom. The molecule has 3 nitrogen and oxygen atoms in total. The van der Waals surface area contributed by atoms with Gasteiger partial charge in [0.1, 0.15) is 0 Å². The molecule has 0 aliphatic heterocycles. The molecule has 2 rings (SSSR count). The Labute approximate surface area is 114 Å². The number of benzene rings is 1. The zero-order valence-electron chi connectivity index (χ0n) is 9.61. The van der Waals surface area contributed by atoms with Crippen LogP contribution in [0.5, 0.6) is 0 Å². The number of halogens is 2. The maximum atomic E-state index is 6.04. The van der Waals surface area contributed by atoms with Crippen molar-refractivity contribution >= 4 is 27.5 Å². The summed E-state index contributed by atoms with van der Waals surface area (Å²) in [6, 6.07) is 7.78. The van der Waals surface area contributed by atoms with Gasteiger partial charge in [-0.1, -0.05) is 27.5 Å². The lowest BCUT2D eigenvalue weighted by molar-refractivity contribution is 0.640. The first-order chi connectivity index (χ1) is 8.11. The number of aryl methyl sites for hydroxylation is 1. The molecule has 0 aliphatic rings. The molecule has 0 bridgehead atoms. The van der Waals surface area contributed by atoms with Gasteiger partial charge in [0.05, 0.1) is 11.7 Å². The topological polar surface area (TPSA) is 29.9 Å². The minimum Gasteiger partial charge on any atom is -0.308 e. The highest BCUT2D eigenvalue weighted by atomic mass is 79.9. The molecule has 0 radical (unpaired) electrons. The van der Waals surface area contributed by atoms with E-state index in [1.165, 1.54) is 0 Å². The van der Waals surface area contributed by atoms with Crippen LogP contribution in [-0.4, -0.2) is 16.8 Å². The molecule has 5 heteroatoms. The fraction of sp³-hybridized carbons (Fsp3) is 0.250. The van der Waals surface area contributed by atoms with E-state index in [9.17, 15) is 0 Å². The van der Waals surface area contributed by atoms with Crippen molar-refractivity contribution in [3.05, 3.63) is 51.2 Å². The highest BCUT2D eigenvalue weighted by molar-refractivity contribution is 9.10. The molecule has 1 atom stereocenters. The van der Waals surface area contributed by atoms with Crippen molar-refractivity contribution in [3.8, 4) is 0 Å². The van der Waals surface area contributed by atoms with Gasteiger partial charge in [-0.25, -0.2) is 0 Å². The fourth-order valence-electron chi connectivity index (χ4n) is 1.79. The van der Waals surface area contributed by atoms with Crippen LogP contribution < -0.4 is 5.32 Å². The second-order valence-corrected chi connectivity index (χ2v) is 5.09. The maximum Gasteiger partial charge on any atom is 0.0839 e. The predicted molar refractivity (Wildman–Crippen MR) is 73.3 cm³/mol. The van der Waals surface area contributed by atoms with E-state index in [4.69, 9.17) is 11.6 Å². The minimum atomic E-state index is 0.0317. The van der Waals surface area contributed by atoms with Crippen molar-refractivity contribution in [1.29, 1.82) is 0 Å². The summed E-state index contributed by atoms with van der Waals surface area (Å²) in [6.45, 7) is 0. The number of aromatic nitrogens is 2. The van der Waals surface area contributed by atoms with Gasteiger partial charge in [0.2, 0.25) is 0 Å². The average molecular weight is 315 g/mol. The third kappa shape index (κ3) is 2.70. The van der Waals surface area contributed by atoms with Crippen molar-refractivity contribution in [3.63, 3.8) is 0 Å². The van der Waals surface area contributed by atoms with Crippen molar-refractivity contribution in [2.75, 3.05) is 7.05 Å². The van der Waals surface area contributed by atoms with E-state index < -0.39 is 0 Å². The lowest BCUT2D eigenvalue weighted by Gasteiger charge is -2.16. The molecule has 1 N–H and O–H groups in total. The van der Waals surface area contributed by atoms with Crippen LogP contribution in [0.1, 0.15) is 17.3 Å². The van der Waals surface area contributed by atoms with Gasteiger partial charge in [0.25, 0.3) is 0 Å². The highest BCUT2D eigenvalue weighted by Gasteiger charge is 2.17. The molecule has 0 spiro atoms. The zero-order valence-corrected chi connectivity index (χ0v) is 12.0. The van der Waals surface area contributed by atoms with Gasteiger partial charge in [-0.05, 0) is 36.9 Å². The molecule has 90 valence electrons. The van der Waals surface area contributed by atoms with Crippen molar-refractivity contribution in [2.45, 2.75) is 6.04 Å². The molecule has 0 amide bonds. The molecule has 1 aromatic heterocycles. The van der Waals surface area contributed by atoms with Crippen molar-refractivity contribution in [1.82, 2.24) is 15.1 Å². The van der Waals surface area contributed by atoms with E-state index in [2.05, 4.69) is 26.3 Å². The first-order valence-electron chi connectivity index (χ1n) is 5.23. The molecule has 1 aromatic carbocycles. The van der Waals surface area contributed by atoms with Crippen molar-refractivity contribution in [2.24, 2.45) is 7.05 Å². The van der Waals surface area contributed by atoms with Gasteiger partial charge in [0, 0.05) is 22.7 Å². The van der Waals surface area contributed by atoms with Crippen LogP contribution in [-0.2, 0) is 7.05 Å². The molecule has 0 fully saturated rings. The normalized spacial score (nSPS) is 12.7. The number of hydrogen-bond acceptors (Lipinski definition) is 2. The average Bonchev–Trinajstić information content (AvgIpc) is 2.71. The molecular weight excluding hydrogens is 302 g/mol. The Hall–Kier alpha value is -0.840. The van der Waals surface area contributed by atoms with Crippen LogP contribution in [0.2, 0.25) is 5.02 Å². The van der Waals surface area contributed by atoms with Gasteiger partial charge in [0.15, 0.2) is 0 Å². The van der Waals surface area contributed by atoms with Crippen LogP contribution in [0, 0.1) is 0 Å². The quantitative estimate of drug-likeness (QED) is 0.943. The minimum absolute atomic E-state index is 0.0317. The molecule has 0 aliphatic carbocycles. The first kappa shape index (κ1) is 12.6. The van der Waals surface area contributed by atoms with E-state index in [0.29, 0.717) is 0 Å². The third-order valence-corrected chi connectivity index (χ3v) is 3.54. The van der Waals surface area contributed by atoms with E-state index in [-0.39, 0.29) is 6.04 Å². The van der Waals surface area contributed by atoms with Crippen molar-refractivity contribution < 1.29 is 0 Å². The SMILES string of the molecule is CNC(c1ccn(C)n1)c1cc(Cl)ccc1Br. The largest absolute Gasteiger partial charge is 0.308 e. The second kappa shape index (κ2) is 5.21. The summed E-state index contributed by atoms with van der Waals surface area (Å²) >= 11 is 9.58. The summed E-state index contributed by atoms with van der Waals surface area (Å²) < 4.78 is 2.81. The van der Waals surface area contributed by atoms with Crippen LogP contribution >= 0.6 is 27.5 Å². The van der Waals surface area contributed by atoms with Gasteiger partial charge in [-0.3, -0.25) is 4.68 Å². The summed E-state index contributed by atoms with van der Waals surface area (Å²) in [5, 5.41) is 8.39. The smallest absolute Gasteiger partial charge is 0.0839 e. The Balaban J connectivity index is 2.45. The summed E-state index contributed by atoms with van der Waals surface area (Å²) in [4.78, 5) is 0. The molecule has 2 aromatic rings. The number of rotatable bonds is 3. The molecule has 0 saturated carbocycles. The lowest BCUT2D eigenvalue weighted by atomic mass is 10.0. The molecular formula is C12H13BrClN3. The highest BCUT2D eigenvalue weighted by Crippen LogP contribution is 2.29. The Morgan fingerprint density at radius 1 is 1.41 bits per heavy atom. The number of nitrogens with zero attached hydrogens (tertiary/aromatic N) is 2.